The topological polar surface area (TPSA) is 38.7 Å². The lowest BCUT2D eigenvalue weighted by atomic mass is 10.2. The van der Waals surface area contributed by atoms with Crippen LogP contribution in [0.15, 0.2) is 58.4 Å². The maximum absolute atomic E-state index is 13.2. The largest absolute Gasteiger partial charge is 0.497 e. The molecule has 2 aromatic carbocycles. The van der Waals surface area contributed by atoms with Crippen molar-refractivity contribution in [2.75, 3.05) is 12.9 Å². The zero-order chi connectivity index (χ0) is 17.7. The van der Waals surface area contributed by atoms with Crippen LogP contribution in [-0.4, -0.2) is 29.0 Å². The van der Waals surface area contributed by atoms with Gasteiger partial charge in [-0.25, -0.2) is 4.99 Å². The molecular formula is C17H16F3NO2S. The Morgan fingerprint density at radius 2 is 1.67 bits per heavy atom. The van der Waals surface area contributed by atoms with E-state index in [4.69, 9.17) is 4.74 Å². The molecule has 0 fully saturated rings. The predicted molar refractivity (Wildman–Crippen MR) is 88.6 cm³/mol. The quantitative estimate of drug-likeness (QED) is 0.744. The molecule has 0 saturated heterocycles. The van der Waals surface area contributed by atoms with E-state index in [0.717, 1.165) is 5.56 Å². The third kappa shape index (κ3) is 4.92. The van der Waals surface area contributed by atoms with E-state index in [0.29, 0.717) is 10.6 Å². The SMILES string of the molecule is COc1ccc(N=C(C[S@@](=O)c2ccc(C)cc2)C(F)(F)F)cc1. The average Bonchev–Trinajstić information content (AvgIpc) is 2.54. The van der Waals surface area contributed by atoms with E-state index in [-0.39, 0.29) is 5.69 Å². The number of benzene rings is 2. The maximum atomic E-state index is 13.2. The normalized spacial score (nSPS) is 13.6. The number of hydrogen-bond acceptors (Lipinski definition) is 3. The Hall–Kier alpha value is -2.15. The summed E-state index contributed by atoms with van der Waals surface area (Å²) in [5.41, 5.74) is -0.00528. The van der Waals surface area contributed by atoms with Crippen LogP contribution < -0.4 is 4.74 Å². The molecule has 3 nitrogen and oxygen atoms in total. The first-order chi connectivity index (χ1) is 11.3. The summed E-state index contributed by atoms with van der Waals surface area (Å²) in [4.78, 5) is 3.97. The number of ether oxygens (including phenoxy) is 1. The molecule has 0 saturated carbocycles. The molecule has 0 aromatic heterocycles. The molecule has 0 aliphatic carbocycles. The van der Waals surface area contributed by atoms with Crippen LogP contribution in [0.5, 0.6) is 5.75 Å². The Morgan fingerprint density at radius 1 is 1.08 bits per heavy atom. The van der Waals surface area contributed by atoms with Gasteiger partial charge < -0.3 is 4.74 Å². The lowest BCUT2D eigenvalue weighted by molar-refractivity contribution is -0.0589. The van der Waals surface area contributed by atoms with Gasteiger partial charge >= 0.3 is 6.18 Å². The van der Waals surface area contributed by atoms with Gasteiger partial charge in [0.2, 0.25) is 0 Å². The van der Waals surface area contributed by atoms with E-state index >= 15 is 0 Å². The third-order valence-electron chi connectivity index (χ3n) is 3.22. The van der Waals surface area contributed by atoms with Gasteiger partial charge in [-0.15, -0.1) is 0 Å². The van der Waals surface area contributed by atoms with E-state index in [1.54, 1.807) is 24.3 Å². The van der Waals surface area contributed by atoms with E-state index in [9.17, 15) is 17.4 Å². The number of aliphatic imine (C=N–C) groups is 1. The number of rotatable bonds is 5. The van der Waals surface area contributed by atoms with Crippen molar-refractivity contribution in [2.24, 2.45) is 4.99 Å². The molecule has 128 valence electrons. The van der Waals surface area contributed by atoms with Gasteiger partial charge in [-0.2, -0.15) is 13.2 Å². The first kappa shape index (κ1) is 18.2. The molecule has 0 aliphatic heterocycles. The number of nitrogens with zero attached hydrogens (tertiary/aromatic N) is 1. The lowest BCUT2D eigenvalue weighted by Gasteiger charge is -2.11. The highest BCUT2D eigenvalue weighted by atomic mass is 32.2. The standard InChI is InChI=1S/C17H16F3NO2S/c1-12-3-9-15(10-4-12)24(22)11-16(17(18,19)20)21-13-5-7-14(23-2)8-6-13/h3-10H,11H2,1-2H3/t24-/m1/s1. The zero-order valence-electron chi connectivity index (χ0n) is 13.1. The first-order valence-corrected chi connectivity index (χ1v) is 8.35. The molecule has 7 heteroatoms. The molecule has 2 aromatic rings. The smallest absolute Gasteiger partial charge is 0.430 e. The van der Waals surface area contributed by atoms with Crippen LogP contribution in [-0.2, 0) is 10.8 Å². The summed E-state index contributed by atoms with van der Waals surface area (Å²) in [6.45, 7) is 1.85. The molecular weight excluding hydrogens is 339 g/mol. The van der Waals surface area contributed by atoms with E-state index < -0.39 is 28.4 Å². The monoisotopic (exact) mass is 355 g/mol. The van der Waals surface area contributed by atoms with Gasteiger partial charge in [0.15, 0.2) is 0 Å². The minimum atomic E-state index is -4.65. The van der Waals surface area contributed by atoms with Crippen LogP contribution in [0.25, 0.3) is 0 Å². The first-order valence-electron chi connectivity index (χ1n) is 7.03. The number of halogens is 3. The van der Waals surface area contributed by atoms with Gasteiger partial charge in [0.05, 0.1) is 29.3 Å². The maximum Gasteiger partial charge on any atom is 0.430 e. The molecule has 0 heterocycles. The molecule has 0 bridgehead atoms. The molecule has 1 atom stereocenters. The summed E-state index contributed by atoms with van der Waals surface area (Å²) in [5.74, 6) is -0.177. The summed E-state index contributed by atoms with van der Waals surface area (Å²) in [5, 5.41) is 0. The van der Waals surface area contributed by atoms with Gasteiger partial charge in [0.25, 0.3) is 0 Å². The second kappa shape index (κ2) is 7.61. The second-order valence-corrected chi connectivity index (χ2v) is 6.51. The van der Waals surface area contributed by atoms with E-state index in [2.05, 4.69) is 4.99 Å². The third-order valence-corrected chi connectivity index (χ3v) is 4.55. The van der Waals surface area contributed by atoms with Gasteiger partial charge in [-0.1, -0.05) is 17.7 Å². The van der Waals surface area contributed by atoms with Crippen molar-refractivity contribution in [2.45, 2.75) is 18.0 Å². The van der Waals surface area contributed by atoms with Crippen molar-refractivity contribution in [1.82, 2.24) is 0 Å². The molecule has 0 spiro atoms. The average molecular weight is 355 g/mol. The van der Waals surface area contributed by atoms with Crippen LogP contribution >= 0.6 is 0 Å². The van der Waals surface area contributed by atoms with Crippen LogP contribution in [0, 0.1) is 6.92 Å². The summed E-state index contributed by atoms with van der Waals surface area (Å²) in [6, 6.07) is 12.4. The summed E-state index contributed by atoms with van der Waals surface area (Å²) in [7, 11) is -0.361. The minimum absolute atomic E-state index is 0.129. The lowest BCUT2D eigenvalue weighted by Crippen LogP contribution is -2.28. The molecule has 0 aliphatic rings. The highest BCUT2D eigenvalue weighted by molar-refractivity contribution is 7.85. The van der Waals surface area contributed by atoms with Crippen LogP contribution in [0.4, 0.5) is 18.9 Å². The van der Waals surface area contributed by atoms with Gasteiger partial charge in [-0.05, 0) is 43.3 Å². The fourth-order valence-corrected chi connectivity index (χ4v) is 2.97. The van der Waals surface area contributed by atoms with Crippen LogP contribution in [0.2, 0.25) is 0 Å². The van der Waals surface area contributed by atoms with Gasteiger partial charge in [0, 0.05) is 4.90 Å². The van der Waals surface area contributed by atoms with Crippen LogP contribution in [0.3, 0.4) is 0 Å². The Morgan fingerprint density at radius 3 is 2.17 bits per heavy atom. The van der Waals surface area contributed by atoms with E-state index in [1.807, 2.05) is 6.92 Å². The fourth-order valence-electron chi connectivity index (χ4n) is 1.89. The Balaban J connectivity index is 2.26. The fraction of sp³-hybridized carbons (Fsp3) is 0.235. The van der Waals surface area contributed by atoms with Crippen molar-refractivity contribution in [3.8, 4) is 5.75 Å². The molecule has 24 heavy (non-hydrogen) atoms. The molecule has 0 N–H and O–H groups in total. The van der Waals surface area contributed by atoms with E-state index in [1.165, 1.54) is 31.4 Å². The van der Waals surface area contributed by atoms with Crippen molar-refractivity contribution >= 4 is 22.2 Å². The molecule has 0 radical (unpaired) electrons. The van der Waals surface area contributed by atoms with Crippen LogP contribution in [0.1, 0.15) is 5.56 Å². The Kier molecular flexibility index (Phi) is 5.77. The van der Waals surface area contributed by atoms with Crippen molar-refractivity contribution < 1.29 is 22.1 Å². The zero-order valence-corrected chi connectivity index (χ0v) is 13.9. The predicted octanol–water partition coefficient (Wildman–Crippen LogP) is 4.45. The summed E-state index contributed by atoms with van der Waals surface area (Å²) in [6.07, 6.45) is -4.65. The van der Waals surface area contributed by atoms with Crippen molar-refractivity contribution in [3.63, 3.8) is 0 Å². The molecule has 0 amide bonds. The Bertz CT molecular complexity index is 738. The number of methoxy groups -OCH3 is 1. The molecule has 2 rings (SSSR count). The second-order valence-electron chi connectivity index (χ2n) is 5.06. The summed E-state index contributed by atoms with van der Waals surface area (Å²) >= 11 is 0. The highest BCUT2D eigenvalue weighted by Crippen LogP contribution is 2.25. The molecule has 0 unspecified atom stereocenters. The summed E-state index contributed by atoms with van der Waals surface area (Å²) < 4.78 is 56.8. The van der Waals surface area contributed by atoms with Crippen molar-refractivity contribution in [3.05, 3.63) is 54.1 Å². The highest BCUT2D eigenvalue weighted by Gasteiger charge is 2.36. The Labute approximate surface area is 140 Å². The van der Waals surface area contributed by atoms with Gasteiger partial charge in [0.1, 0.15) is 11.5 Å². The minimum Gasteiger partial charge on any atom is -0.497 e. The number of aryl methyl sites for hydroxylation is 1. The number of alkyl halides is 3. The van der Waals surface area contributed by atoms with Crippen molar-refractivity contribution in [1.29, 1.82) is 0 Å². The van der Waals surface area contributed by atoms with Gasteiger partial charge in [-0.3, -0.25) is 4.21 Å². The number of hydrogen-bond donors (Lipinski definition) is 0.